The van der Waals surface area contributed by atoms with E-state index >= 15 is 0 Å². The molecule has 4 aromatic rings. The Kier molecular flexibility index (Phi) is 6.27. The summed E-state index contributed by atoms with van der Waals surface area (Å²) in [4.78, 5) is 42.3. The zero-order valence-electron chi connectivity index (χ0n) is 21.1. The van der Waals surface area contributed by atoms with Gasteiger partial charge >= 0.3 is 0 Å². The number of hydrogen-bond donors (Lipinski definition) is 2. The summed E-state index contributed by atoms with van der Waals surface area (Å²) in [5.74, 6) is 1.16. The number of piperazine rings is 1. The van der Waals surface area contributed by atoms with Crippen LogP contribution >= 0.6 is 11.3 Å². The van der Waals surface area contributed by atoms with E-state index in [4.69, 9.17) is 25.4 Å². The van der Waals surface area contributed by atoms with Crippen LogP contribution in [-0.2, 0) is 16.1 Å². The Hall–Kier alpha value is -3.19. The fraction of sp³-hybridized carbons (Fsp3) is 0.480. The fourth-order valence-electron chi connectivity index (χ4n) is 4.99. The molecule has 37 heavy (non-hydrogen) atoms. The zero-order valence-corrected chi connectivity index (χ0v) is 21.9. The molecule has 2 aliphatic heterocycles. The van der Waals surface area contributed by atoms with E-state index in [1.54, 1.807) is 17.5 Å². The van der Waals surface area contributed by atoms with Crippen LogP contribution in [0.3, 0.4) is 0 Å². The smallest absolute Gasteiger partial charge is 0.237 e. The van der Waals surface area contributed by atoms with Gasteiger partial charge in [-0.05, 0) is 26.0 Å². The predicted octanol–water partition coefficient (Wildman–Crippen LogP) is 1.85. The monoisotopic (exact) mass is 521 g/mol. The average Bonchev–Trinajstić information content (AvgIpc) is 3.55. The number of morpholine rings is 1. The molecule has 11 nitrogen and oxygen atoms in total. The van der Waals surface area contributed by atoms with Crippen LogP contribution in [0.1, 0.15) is 18.9 Å². The molecule has 12 heteroatoms. The number of amides is 1. The summed E-state index contributed by atoms with van der Waals surface area (Å²) in [5, 5.41) is 2.00. The number of nitrogens with zero attached hydrogens (tertiary/aromatic N) is 7. The summed E-state index contributed by atoms with van der Waals surface area (Å²) >= 11 is 1.61. The topological polar surface area (TPSA) is 129 Å². The Morgan fingerprint density at radius 1 is 1.11 bits per heavy atom. The molecule has 4 aromatic heterocycles. The third-order valence-electron chi connectivity index (χ3n) is 7.41. The second kappa shape index (κ2) is 9.60. The lowest BCUT2D eigenvalue weighted by atomic mass is 10.0. The lowest BCUT2D eigenvalue weighted by molar-refractivity contribution is -0.129. The number of nitrogens with two attached hydrogens (primary N) is 1. The Labute approximate surface area is 218 Å². The van der Waals surface area contributed by atoms with Crippen molar-refractivity contribution in [2.24, 2.45) is 5.73 Å². The van der Waals surface area contributed by atoms with Crippen molar-refractivity contribution in [2.75, 3.05) is 57.4 Å². The molecule has 6 heterocycles. The number of primary amides is 1. The lowest BCUT2D eigenvalue weighted by Gasteiger charge is -2.42. The number of carbonyl (C=O) groups is 1. The number of rotatable bonds is 6. The molecule has 0 unspecified atom stereocenters. The first-order chi connectivity index (χ1) is 17.9. The summed E-state index contributed by atoms with van der Waals surface area (Å²) in [6, 6.07) is 3.96. The first kappa shape index (κ1) is 24.2. The van der Waals surface area contributed by atoms with Crippen LogP contribution in [-0.4, -0.2) is 98.6 Å². The summed E-state index contributed by atoms with van der Waals surface area (Å²) in [6.45, 7) is 10.6. The molecule has 2 fully saturated rings. The molecule has 0 atom stereocenters. The van der Waals surface area contributed by atoms with Gasteiger partial charge in [0.25, 0.3) is 0 Å². The second-order valence-electron chi connectivity index (χ2n) is 10.0. The molecule has 3 N–H and O–H groups in total. The van der Waals surface area contributed by atoms with E-state index in [1.165, 1.54) is 0 Å². The van der Waals surface area contributed by atoms with Gasteiger partial charge in [0.05, 0.1) is 25.3 Å². The highest BCUT2D eigenvalue weighted by Gasteiger charge is 2.35. The van der Waals surface area contributed by atoms with E-state index in [2.05, 4.69) is 24.7 Å². The van der Waals surface area contributed by atoms with Gasteiger partial charge in [-0.2, -0.15) is 0 Å². The Balaban J connectivity index is 1.31. The van der Waals surface area contributed by atoms with Crippen molar-refractivity contribution in [2.45, 2.75) is 25.9 Å². The molecular formula is C25H31N9O2S. The first-order valence-electron chi connectivity index (χ1n) is 12.6. The van der Waals surface area contributed by atoms with Gasteiger partial charge in [0.15, 0.2) is 11.6 Å². The summed E-state index contributed by atoms with van der Waals surface area (Å²) in [6.07, 6.45) is 3.69. The van der Waals surface area contributed by atoms with Gasteiger partial charge in [0.1, 0.15) is 21.0 Å². The number of pyridine rings is 1. The van der Waals surface area contributed by atoms with E-state index in [-0.39, 0.29) is 5.91 Å². The van der Waals surface area contributed by atoms with Crippen molar-refractivity contribution in [1.29, 1.82) is 0 Å². The SMILES string of the molecule is CC(C)(C(N)=O)N1CCN(Cc2nc3c(N4CCOCC4)nc(-c4nccc5[nH]ccc45)nc3s2)CC1. The number of anilines is 1. The van der Waals surface area contributed by atoms with E-state index in [0.717, 1.165) is 83.6 Å². The highest BCUT2D eigenvalue weighted by Crippen LogP contribution is 2.33. The molecule has 194 valence electrons. The normalized spacial score (nSPS) is 18.2. The molecule has 1 amide bonds. The predicted molar refractivity (Wildman–Crippen MR) is 143 cm³/mol. The minimum atomic E-state index is -0.642. The number of hydrogen-bond acceptors (Lipinski definition) is 10. The molecule has 0 spiro atoms. The molecule has 0 aliphatic carbocycles. The lowest BCUT2D eigenvalue weighted by Crippen LogP contribution is -2.59. The van der Waals surface area contributed by atoms with Crippen LogP contribution in [0, 0.1) is 0 Å². The van der Waals surface area contributed by atoms with Crippen molar-refractivity contribution < 1.29 is 9.53 Å². The van der Waals surface area contributed by atoms with Crippen LogP contribution in [0.25, 0.3) is 32.8 Å². The van der Waals surface area contributed by atoms with Crippen molar-refractivity contribution >= 4 is 44.3 Å². The first-order valence-corrected chi connectivity index (χ1v) is 13.4. The summed E-state index contributed by atoms with van der Waals surface area (Å²) in [5.41, 5.74) is 7.58. The van der Waals surface area contributed by atoms with E-state index < -0.39 is 5.54 Å². The van der Waals surface area contributed by atoms with Crippen LogP contribution in [0.5, 0.6) is 0 Å². The minimum Gasteiger partial charge on any atom is -0.378 e. The van der Waals surface area contributed by atoms with E-state index in [1.807, 2.05) is 32.2 Å². The number of aromatic amines is 1. The fourth-order valence-corrected chi connectivity index (χ4v) is 5.97. The van der Waals surface area contributed by atoms with Crippen molar-refractivity contribution in [3.05, 3.63) is 29.5 Å². The summed E-state index contributed by atoms with van der Waals surface area (Å²) < 4.78 is 5.59. The zero-order chi connectivity index (χ0) is 25.6. The Bertz CT molecular complexity index is 1430. The maximum atomic E-state index is 11.9. The van der Waals surface area contributed by atoms with E-state index in [0.29, 0.717) is 19.0 Å². The molecule has 2 saturated heterocycles. The molecule has 0 aromatic carbocycles. The van der Waals surface area contributed by atoms with Gasteiger partial charge < -0.3 is 20.4 Å². The number of H-pyrrole nitrogens is 1. The van der Waals surface area contributed by atoms with Crippen LogP contribution < -0.4 is 10.6 Å². The number of thiazole rings is 1. The van der Waals surface area contributed by atoms with Gasteiger partial charge in [-0.25, -0.2) is 15.0 Å². The highest BCUT2D eigenvalue weighted by atomic mass is 32.1. The van der Waals surface area contributed by atoms with Gasteiger partial charge in [-0.15, -0.1) is 0 Å². The third-order valence-corrected chi connectivity index (χ3v) is 8.34. The number of aromatic nitrogens is 5. The standard InChI is InChI=1S/C25H31N9O2S/c1-25(2,24(26)35)34-9-7-32(8-10-34)15-18-29-20-22(33-11-13-36-14-12-33)30-21(31-23(20)37-18)19-16-3-5-27-17(16)4-6-28-19/h3-6,27H,7-15H2,1-2H3,(H2,26,35). The second-order valence-corrected chi connectivity index (χ2v) is 11.1. The molecular weight excluding hydrogens is 490 g/mol. The molecule has 0 radical (unpaired) electrons. The van der Waals surface area contributed by atoms with Gasteiger partial charge in [0, 0.05) is 62.6 Å². The molecule has 0 saturated carbocycles. The molecule has 6 rings (SSSR count). The number of ether oxygens (including phenoxy) is 1. The summed E-state index contributed by atoms with van der Waals surface area (Å²) in [7, 11) is 0. The van der Waals surface area contributed by atoms with Crippen molar-refractivity contribution in [1.82, 2.24) is 34.7 Å². The Morgan fingerprint density at radius 3 is 2.65 bits per heavy atom. The molecule has 2 aliphatic rings. The van der Waals surface area contributed by atoms with Gasteiger partial charge in [0.2, 0.25) is 5.91 Å². The van der Waals surface area contributed by atoms with Crippen LogP contribution in [0.2, 0.25) is 0 Å². The molecule has 0 bridgehead atoms. The van der Waals surface area contributed by atoms with E-state index in [9.17, 15) is 4.79 Å². The van der Waals surface area contributed by atoms with Crippen molar-refractivity contribution in [3.63, 3.8) is 0 Å². The largest absolute Gasteiger partial charge is 0.378 e. The van der Waals surface area contributed by atoms with Crippen LogP contribution in [0.4, 0.5) is 5.82 Å². The van der Waals surface area contributed by atoms with Gasteiger partial charge in [-0.3, -0.25) is 19.6 Å². The van der Waals surface area contributed by atoms with Gasteiger partial charge in [-0.1, -0.05) is 11.3 Å². The number of nitrogens with one attached hydrogen (secondary N) is 1. The highest BCUT2D eigenvalue weighted by molar-refractivity contribution is 7.18. The maximum Gasteiger partial charge on any atom is 0.237 e. The third kappa shape index (κ3) is 4.54. The minimum absolute atomic E-state index is 0.290. The average molecular weight is 522 g/mol. The quantitative estimate of drug-likeness (QED) is 0.390. The van der Waals surface area contributed by atoms with Crippen molar-refractivity contribution in [3.8, 4) is 11.5 Å². The Morgan fingerprint density at radius 2 is 1.89 bits per heavy atom. The van der Waals surface area contributed by atoms with Crippen LogP contribution in [0.15, 0.2) is 24.5 Å². The maximum absolute atomic E-state index is 11.9. The number of fused-ring (bicyclic) bond motifs is 2. The number of carbonyl (C=O) groups excluding carboxylic acids is 1.